The van der Waals surface area contributed by atoms with Gasteiger partial charge in [0.15, 0.2) is 0 Å². The van der Waals surface area contributed by atoms with Crippen LogP contribution >= 0.6 is 11.5 Å². The highest BCUT2D eigenvalue weighted by atomic mass is 32.1. The first-order valence-corrected chi connectivity index (χ1v) is 9.67. The van der Waals surface area contributed by atoms with Crippen molar-refractivity contribution in [1.82, 2.24) is 9.27 Å². The van der Waals surface area contributed by atoms with Crippen molar-refractivity contribution in [2.75, 3.05) is 31.1 Å². The fourth-order valence-electron chi connectivity index (χ4n) is 3.17. The van der Waals surface area contributed by atoms with E-state index in [1.54, 1.807) is 12.2 Å². The molecule has 0 atom stereocenters. The van der Waals surface area contributed by atoms with Gasteiger partial charge in [-0.25, -0.2) is 0 Å². The molecular weight excluding hydrogens is 346 g/mol. The number of hydrogen-bond acceptors (Lipinski definition) is 5. The van der Waals surface area contributed by atoms with Gasteiger partial charge in [-0.15, -0.1) is 0 Å². The van der Waals surface area contributed by atoms with Gasteiger partial charge in [-0.2, -0.15) is 4.37 Å². The van der Waals surface area contributed by atoms with Gasteiger partial charge in [0.1, 0.15) is 17.3 Å². The SMILES string of the molecule is CCc1ccc(C=CC(=O)N2CCN(c3nsc4ccccc34)CC2)o1. The van der Waals surface area contributed by atoms with Crippen LogP contribution in [-0.2, 0) is 11.2 Å². The third kappa shape index (κ3) is 3.37. The summed E-state index contributed by atoms with van der Waals surface area (Å²) in [6.07, 6.45) is 4.21. The van der Waals surface area contributed by atoms with Gasteiger partial charge in [-0.05, 0) is 41.9 Å². The smallest absolute Gasteiger partial charge is 0.246 e. The molecule has 0 aliphatic carbocycles. The van der Waals surface area contributed by atoms with E-state index in [1.807, 2.05) is 36.1 Å². The van der Waals surface area contributed by atoms with Crippen LogP contribution in [0.25, 0.3) is 16.2 Å². The number of hydrogen-bond donors (Lipinski definition) is 0. The van der Waals surface area contributed by atoms with Gasteiger partial charge in [0, 0.05) is 44.1 Å². The van der Waals surface area contributed by atoms with Crippen molar-refractivity contribution in [3.8, 4) is 0 Å². The third-order valence-electron chi connectivity index (χ3n) is 4.67. The van der Waals surface area contributed by atoms with Gasteiger partial charge < -0.3 is 14.2 Å². The van der Waals surface area contributed by atoms with Crippen LogP contribution in [-0.4, -0.2) is 41.4 Å². The van der Waals surface area contributed by atoms with Crippen LogP contribution in [0.1, 0.15) is 18.4 Å². The van der Waals surface area contributed by atoms with E-state index in [-0.39, 0.29) is 5.91 Å². The molecule has 4 rings (SSSR count). The molecule has 1 fully saturated rings. The van der Waals surface area contributed by atoms with Crippen molar-refractivity contribution >= 4 is 39.4 Å². The molecule has 0 N–H and O–H groups in total. The molecule has 0 unspecified atom stereocenters. The third-order valence-corrected chi connectivity index (χ3v) is 5.49. The summed E-state index contributed by atoms with van der Waals surface area (Å²) < 4.78 is 11.4. The number of aromatic nitrogens is 1. The van der Waals surface area contributed by atoms with E-state index >= 15 is 0 Å². The van der Waals surface area contributed by atoms with E-state index < -0.39 is 0 Å². The van der Waals surface area contributed by atoms with Crippen LogP contribution < -0.4 is 4.90 Å². The summed E-state index contributed by atoms with van der Waals surface area (Å²) in [6.45, 7) is 5.05. The van der Waals surface area contributed by atoms with Crippen LogP contribution in [0.2, 0.25) is 0 Å². The molecule has 1 amide bonds. The molecule has 2 aromatic heterocycles. The first-order valence-electron chi connectivity index (χ1n) is 8.89. The van der Waals surface area contributed by atoms with E-state index in [0.717, 1.165) is 36.8 Å². The minimum atomic E-state index is 0.0298. The van der Waals surface area contributed by atoms with Crippen LogP contribution in [0.5, 0.6) is 0 Å². The quantitative estimate of drug-likeness (QED) is 0.658. The summed E-state index contributed by atoms with van der Waals surface area (Å²) in [4.78, 5) is 16.6. The number of rotatable bonds is 4. The van der Waals surface area contributed by atoms with Crippen molar-refractivity contribution in [3.63, 3.8) is 0 Å². The standard InChI is InChI=1S/C20H21N3O2S/c1-2-15-7-8-16(25-15)9-10-19(24)22-11-13-23(14-12-22)20-17-5-3-4-6-18(17)26-21-20/h3-10H,2,11-14H2,1H3. The molecule has 1 aromatic carbocycles. The second kappa shape index (κ2) is 7.33. The molecule has 1 aliphatic rings. The Morgan fingerprint density at radius 2 is 2.00 bits per heavy atom. The highest BCUT2D eigenvalue weighted by molar-refractivity contribution is 7.13. The van der Waals surface area contributed by atoms with Crippen LogP contribution in [0, 0.1) is 0 Å². The Morgan fingerprint density at radius 3 is 2.77 bits per heavy atom. The maximum absolute atomic E-state index is 12.4. The number of nitrogens with zero attached hydrogens (tertiary/aromatic N) is 3. The first-order chi connectivity index (χ1) is 12.7. The van der Waals surface area contributed by atoms with Crippen molar-refractivity contribution in [2.45, 2.75) is 13.3 Å². The van der Waals surface area contributed by atoms with E-state index in [0.29, 0.717) is 13.1 Å². The number of piperazine rings is 1. The lowest BCUT2D eigenvalue weighted by atomic mass is 10.2. The molecule has 134 valence electrons. The highest BCUT2D eigenvalue weighted by Gasteiger charge is 2.22. The molecule has 0 spiro atoms. The van der Waals surface area contributed by atoms with E-state index in [4.69, 9.17) is 4.42 Å². The van der Waals surface area contributed by atoms with Gasteiger partial charge in [0.05, 0.1) is 4.70 Å². The van der Waals surface area contributed by atoms with Crippen LogP contribution in [0.15, 0.2) is 46.9 Å². The maximum Gasteiger partial charge on any atom is 0.246 e. The van der Waals surface area contributed by atoms with Crippen molar-refractivity contribution < 1.29 is 9.21 Å². The second-order valence-electron chi connectivity index (χ2n) is 6.31. The maximum atomic E-state index is 12.4. The normalized spacial score (nSPS) is 15.3. The molecule has 0 radical (unpaired) electrons. The number of anilines is 1. The largest absolute Gasteiger partial charge is 0.462 e. The Bertz CT molecular complexity index is 935. The van der Waals surface area contributed by atoms with E-state index in [1.165, 1.54) is 21.6 Å². The van der Waals surface area contributed by atoms with Crippen molar-refractivity contribution in [2.24, 2.45) is 0 Å². The number of carbonyl (C=O) groups excluding carboxylic acids is 1. The number of aryl methyl sites for hydroxylation is 1. The van der Waals surface area contributed by atoms with Gasteiger partial charge in [0.2, 0.25) is 5.91 Å². The molecule has 26 heavy (non-hydrogen) atoms. The zero-order valence-electron chi connectivity index (χ0n) is 14.7. The molecular formula is C20H21N3O2S. The van der Waals surface area contributed by atoms with Gasteiger partial charge in [-0.3, -0.25) is 4.79 Å². The van der Waals surface area contributed by atoms with E-state index in [9.17, 15) is 4.79 Å². The number of amides is 1. The van der Waals surface area contributed by atoms with E-state index in [2.05, 4.69) is 21.4 Å². The topological polar surface area (TPSA) is 49.6 Å². The summed E-state index contributed by atoms with van der Waals surface area (Å²) in [6, 6.07) is 12.1. The lowest BCUT2D eigenvalue weighted by Gasteiger charge is -2.34. The van der Waals surface area contributed by atoms with Gasteiger partial charge >= 0.3 is 0 Å². The zero-order valence-corrected chi connectivity index (χ0v) is 15.5. The number of fused-ring (bicyclic) bond motifs is 1. The lowest BCUT2D eigenvalue weighted by Crippen LogP contribution is -2.48. The van der Waals surface area contributed by atoms with Crippen LogP contribution in [0.4, 0.5) is 5.82 Å². The minimum absolute atomic E-state index is 0.0298. The molecule has 0 bridgehead atoms. The molecule has 1 aliphatic heterocycles. The summed E-state index contributed by atoms with van der Waals surface area (Å²) in [5, 5.41) is 1.20. The number of benzene rings is 1. The average Bonchev–Trinajstić information content (AvgIpc) is 3.33. The fraction of sp³-hybridized carbons (Fsp3) is 0.300. The molecule has 6 heteroatoms. The summed E-state index contributed by atoms with van der Waals surface area (Å²) in [5.74, 6) is 2.72. The van der Waals surface area contributed by atoms with Crippen LogP contribution in [0.3, 0.4) is 0 Å². The zero-order chi connectivity index (χ0) is 17.9. The number of carbonyl (C=O) groups is 1. The predicted molar refractivity (Wildman–Crippen MR) is 106 cm³/mol. The Hall–Kier alpha value is -2.60. The first kappa shape index (κ1) is 16.8. The van der Waals surface area contributed by atoms with Crippen molar-refractivity contribution in [1.29, 1.82) is 0 Å². The molecule has 1 saturated heterocycles. The predicted octanol–water partition coefficient (Wildman–Crippen LogP) is 3.81. The van der Waals surface area contributed by atoms with Gasteiger partial charge in [-0.1, -0.05) is 19.1 Å². The monoisotopic (exact) mass is 367 g/mol. The summed E-state index contributed by atoms with van der Waals surface area (Å²) >= 11 is 1.53. The fourth-order valence-corrected chi connectivity index (χ4v) is 3.97. The lowest BCUT2D eigenvalue weighted by molar-refractivity contribution is -0.126. The van der Waals surface area contributed by atoms with Gasteiger partial charge in [0.25, 0.3) is 0 Å². The molecule has 0 saturated carbocycles. The highest BCUT2D eigenvalue weighted by Crippen LogP contribution is 2.29. The van der Waals surface area contributed by atoms with Crippen molar-refractivity contribution in [3.05, 3.63) is 54.0 Å². The molecule has 3 aromatic rings. The molecule has 3 heterocycles. The second-order valence-corrected chi connectivity index (χ2v) is 7.11. The number of furan rings is 1. The summed E-state index contributed by atoms with van der Waals surface area (Å²) in [5.41, 5.74) is 0. The minimum Gasteiger partial charge on any atom is -0.462 e. The Kier molecular flexibility index (Phi) is 4.75. The Labute approximate surface area is 156 Å². The Balaban J connectivity index is 1.37. The Morgan fingerprint density at radius 1 is 1.19 bits per heavy atom. The average molecular weight is 367 g/mol. The molecule has 5 nitrogen and oxygen atoms in total. The summed E-state index contributed by atoms with van der Waals surface area (Å²) in [7, 11) is 0.